The van der Waals surface area contributed by atoms with Crippen LogP contribution in [-0.2, 0) is 6.42 Å². The van der Waals surface area contributed by atoms with Crippen LogP contribution in [-0.4, -0.2) is 15.0 Å². The molecule has 0 fully saturated rings. The van der Waals surface area contributed by atoms with Gasteiger partial charge in [-0.15, -0.1) is 0 Å². The lowest BCUT2D eigenvalue weighted by molar-refractivity contribution is 0.700. The van der Waals surface area contributed by atoms with E-state index in [0.717, 1.165) is 34.2 Å². The van der Waals surface area contributed by atoms with Gasteiger partial charge >= 0.3 is 0 Å². The summed E-state index contributed by atoms with van der Waals surface area (Å²) in [7, 11) is 0. The Balaban J connectivity index is 2.03. The number of benzene rings is 1. The smallest absolute Gasteiger partial charge is 0.108 e. The molecular formula is C15H17N3. The Labute approximate surface area is 106 Å². The van der Waals surface area contributed by atoms with Crippen molar-refractivity contribution >= 4 is 21.9 Å². The SMILES string of the molecule is CCCCCc1nc2cnc3ccccc3c2[nH]1. The molecule has 18 heavy (non-hydrogen) atoms. The van der Waals surface area contributed by atoms with Crippen molar-refractivity contribution in [3.05, 3.63) is 36.3 Å². The Morgan fingerprint density at radius 2 is 2.00 bits per heavy atom. The molecule has 0 radical (unpaired) electrons. The molecule has 3 aromatic rings. The molecule has 0 spiro atoms. The normalized spacial score (nSPS) is 11.4. The van der Waals surface area contributed by atoms with Crippen molar-refractivity contribution in [2.45, 2.75) is 32.6 Å². The first-order valence-electron chi connectivity index (χ1n) is 6.61. The van der Waals surface area contributed by atoms with E-state index in [4.69, 9.17) is 0 Å². The van der Waals surface area contributed by atoms with Crippen LogP contribution in [0.2, 0.25) is 0 Å². The monoisotopic (exact) mass is 239 g/mol. The van der Waals surface area contributed by atoms with Crippen molar-refractivity contribution in [2.75, 3.05) is 0 Å². The fourth-order valence-electron chi connectivity index (χ4n) is 2.33. The highest BCUT2D eigenvalue weighted by molar-refractivity contribution is 6.01. The number of H-pyrrole nitrogens is 1. The standard InChI is InChI=1S/C15H17N3/c1-2-3-4-9-14-17-13-10-16-12-8-6-5-7-11(12)15(13)18-14/h5-8,10H,2-4,9H2,1H3,(H,17,18). The van der Waals surface area contributed by atoms with Crippen LogP contribution in [0.15, 0.2) is 30.5 Å². The minimum atomic E-state index is 0.972. The Hall–Kier alpha value is -1.90. The quantitative estimate of drug-likeness (QED) is 0.703. The zero-order valence-corrected chi connectivity index (χ0v) is 10.6. The largest absolute Gasteiger partial charge is 0.341 e. The lowest BCUT2D eigenvalue weighted by Gasteiger charge is -1.96. The summed E-state index contributed by atoms with van der Waals surface area (Å²) in [5, 5.41) is 1.16. The second-order valence-corrected chi connectivity index (χ2v) is 4.68. The number of hydrogen-bond acceptors (Lipinski definition) is 2. The number of nitrogens with zero attached hydrogens (tertiary/aromatic N) is 2. The van der Waals surface area contributed by atoms with E-state index in [9.17, 15) is 0 Å². The molecule has 3 nitrogen and oxygen atoms in total. The summed E-state index contributed by atoms with van der Waals surface area (Å²) in [5.41, 5.74) is 3.11. The number of rotatable bonds is 4. The highest BCUT2D eigenvalue weighted by Crippen LogP contribution is 2.21. The van der Waals surface area contributed by atoms with Crippen molar-refractivity contribution in [3.8, 4) is 0 Å². The van der Waals surface area contributed by atoms with Crippen LogP contribution < -0.4 is 0 Å². The average Bonchev–Trinajstić information content (AvgIpc) is 2.82. The third kappa shape index (κ3) is 1.96. The third-order valence-corrected chi connectivity index (χ3v) is 3.30. The lowest BCUT2D eigenvalue weighted by atomic mass is 10.2. The summed E-state index contributed by atoms with van der Waals surface area (Å²) in [4.78, 5) is 12.5. The fourth-order valence-corrected chi connectivity index (χ4v) is 2.33. The van der Waals surface area contributed by atoms with Crippen LogP contribution in [0.1, 0.15) is 32.0 Å². The van der Waals surface area contributed by atoms with Crippen LogP contribution in [0.25, 0.3) is 21.9 Å². The van der Waals surface area contributed by atoms with Gasteiger partial charge in [0, 0.05) is 11.8 Å². The minimum Gasteiger partial charge on any atom is -0.341 e. The predicted molar refractivity (Wildman–Crippen MR) is 74.6 cm³/mol. The maximum absolute atomic E-state index is 4.62. The first-order chi connectivity index (χ1) is 8.88. The number of pyridine rings is 1. The maximum atomic E-state index is 4.62. The van der Waals surface area contributed by atoms with Crippen LogP contribution in [0.5, 0.6) is 0 Å². The number of imidazole rings is 1. The van der Waals surface area contributed by atoms with Gasteiger partial charge < -0.3 is 4.98 Å². The number of nitrogens with one attached hydrogen (secondary N) is 1. The van der Waals surface area contributed by atoms with Crippen molar-refractivity contribution < 1.29 is 0 Å². The van der Waals surface area contributed by atoms with Crippen molar-refractivity contribution in [3.63, 3.8) is 0 Å². The van der Waals surface area contributed by atoms with E-state index >= 15 is 0 Å². The Kier molecular flexibility index (Phi) is 2.97. The van der Waals surface area contributed by atoms with E-state index in [-0.39, 0.29) is 0 Å². The number of fused-ring (bicyclic) bond motifs is 3. The minimum absolute atomic E-state index is 0.972. The second kappa shape index (κ2) is 4.77. The molecule has 0 saturated heterocycles. The first kappa shape index (κ1) is 11.2. The lowest BCUT2D eigenvalue weighted by Crippen LogP contribution is -1.87. The molecule has 3 heteroatoms. The van der Waals surface area contributed by atoms with Crippen LogP contribution in [0.3, 0.4) is 0 Å². The fraction of sp³-hybridized carbons (Fsp3) is 0.333. The topological polar surface area (TPSA) is 41.6 Å². The average molecular weight is 239 g/mol. The predicted octanol–water partition coefficient (Wildman–Crippen LogP) is 3.84. The summed E-state index contributed by atoms with van der Waals surface area (Å²) in [6, 6.07) is 8.19. The van der Waals surface area contributed by atoms with Gasteiger partial charge in [0.05, 0.1) is 17.2 Å². The van der Waals surface area contributed by atoms with E-state index in [1.165, 1.54) is 19.3 Å². The highest BCUT2D eigenvalue weighted by Gasteiger charge is 2.06. The summed E-state index contributed by atoms with van der Waals surface area (Å²) in [6.45, 7) is 2.22. The van der Waals surface area contributed by atoms with Crippen LogP contribution >= 0.6 is 0 Å². The molecule has 0 atom stereocenters. The van der Waals surface area contributed by atoms with Gasteiger partial charge in [0.2, 0.25) is 0 Å². The number of hydrogen-bond donors (Lipinski definition) is 1. The third-order valence-electron chi connectivity index (χ3n) is 3.30. The summed E-state index contributed by atoms with van der Waals surface area (Å²) >= 11 is 0. The van der Waals surface area contributed by atoms with E-state index in [0.29, 0.717) is 0 Å². The van der Waals surface area contributed by atoms with Crippen LogP contribution in [0.4, 0.5) is 0 Å². The zero-order valence-electron chi connectivity index (χ0n) is 10.6. The van der Waals surface area contributed by atoms with E-state index in [1.807, 2.05) is 24.4 Å². The summed E-state index contributed by atoms with van der Waals surface area (Å²) in [6.07, 6.45) is 6.58. The highest BCUT2D eigenvalue weighted by atomic mass is 14.9. The van der Waals surface area contributed by atoms with Crippen molar-refractivity contribution in [2.24, 2.45) is 0 Å². The van der Waals surface area contributed by atoms with Gasteiger partial charge in [-0.1, -0.05) is 38.0 Å². The number of aromatic nitrogens is 3. The molecular weight excluding hydrogens is 222 g/mol. The molecule has 0 aliphatic heterocycles. The van der Waals surface area contributed by atoms with Gasteiger partial charge in [-0.2, -0.15) is 0 Å². The molecule has 0 bridgehead atoms. The molecule has 0 aliphatic carbocycles. The van der Waals surface area contributed by atoms with Gasteiger partial charge in [-0.3, -0.25) is 4.98 Å². The molecule has 0 unspecified atom stereocenters. The number of para-hydroxylation sites is 1. The number of unbranched alkanes of at least 4 members (excludes halogenated alkanes) is 2. The molecule has 92 valence electrons. The molecule has 1 aromatic carbocycles. The van der Waals surface area contributed by atoms with Gasteiger partial charge in [-0.05, 0) is 12.5 Å². The van der Waals surface area contributed by atoms with Gasteiger partial charge in [0.25, 0.3) is 0 Å². The Morgan fingerprint density at radius 3 is 2.89 bits per heavy atom. The molecule has 0 aliphatic rings. The van der Waals surface area contributed by atoms with Crippen LogP contribution in [0, 0.1) is 0 Å². The van der Waals surface area contributed by atoms with E-state index < -0.39 is 0 Å². The maximum Gasteiger partial charge on any atom is 0.108 e. The molecule has 3 rings (SSSR count). The molecule has 0 amide bonds. The second-order valence-electron chi connectivity index (χ2n) is 4.68. The molecule has 2 heterocycles. The summed E-state index contributed by atoms with van der Waals surface area (Å²) < 4.78 is 0. The molecule has 1 N–H and O–H groups in total. The van der Waals surface area contributed by atoms with Gasteiger partial charge in [0.15, 0.2) is 0 Å². The molecule has 2 aromatic heterocycles. The van der Waals surface area contributed by atoms with E-state index in [2.05, 4.69) is 27.9 Å². The van der Waals surface area contributed by atoms with E-state index in [1.54, 1.807) is 0 Å². The first-order valence-corrected chi connectivity index (χ1v) is 6.61. The zero-order chi connectivity index (χ0) is 12.4. The number of aromatic amines is 1. The Bertz CT molecular complexity index is 670. The summed E-state index contributed by atoms with van der Waals surface area (Å²) in [5.74, 6) is 1.08. The Morgan fingerprint density at radius 1 is 1.11 bits per heavy atom. The molecule has 0 saturated carbocycles. The van der Waals surface area contributed by atoms with Crippen molar-refractivity contribution in [1.29, 1.82) is 0 Å². The van der Waals surface area contributed by atoms with Gasteiger partial charge in [0.1, 0.15) is 11.3 Å². The number of aryl methyl sites for hydroxylation is 1. The van der Waals surface area contributed by atoms with Crippen molar-refractivity contribution in [1.82, 2.24) is 15.0 Å². The van der Waals surface area contributed by atoms with Gasteiger partial charge in [-0.25, -0.2) is 4.98 Å².